The first-order chi connectivity index (χ1) is 33.5. The Hall–Kier alpha value is -3.95. The van der Waals surface area contributed by atoms with Crippen LogP contribution in [-0.4, -0.2) is 99.5 Å². The van der Waals surface area contributed by atoms with Crippen LogP contribution in [0.4, 0.5) is 4.39 Å². The molecule has 8 heteroatoms. The van der Waals surface area contributed by atoms with Gasteiger partial charge in [0.2, 0.25) is 0 Å². The van der Waals surface area contributed by atoms with E-state index in [0.29, 0.717) is 24.6 Å². The molecule has 394 valence electrons. The third-order valence-corrected chi connectivity index (χ3v) is 14.2. The fraction of sp³-hybridized carbons (Fsp3) is 0.619. The highest BCUT2D eigenvalue weighted by atomic mass is 19.1. The third kappa shape index (κ3) is 19.1. The normalized spacial score (nSPS) is 19.3. The van der Waals surface area contributed by atoms with Crippen molar-refractivity contribution in [3.63, 3.8) is 0 Å². The molecular formula is C63H97FN4O3. The van der Waals surface area contributed by atoms with Crippen LogP contribution in [0.5, 0.6) is 17.2 Å². The maximum atomic E-state index is 13.2. The molecule has 3 aliphatic heterocycles. The predicted octanol–water partition coefficient (Wildman–Crippen LogP) is 14.1. The zero-order valence-electron chi connectivity index (χ0n) is 47.1. The fourth-order valence-electron chi connectivity index (χ4n) is 10.2. The number of para-hydroxylation sites is 2. The van der Waals surface area contributed by atoms with Crippen LogP contribution in [0, 0.1) is 5.82 Å². The standard InChI is InChI=1S/C18H28N2.C16H24O.C15H23NO.C14H22FNO/c1-18(2,3)17-9-5-4-7-15(17)13-19-11-12-20-10-6-8-16(20)14-19;1-16(2,3)14-11-7-8-12-15(14)17-13-9-5-4-6-10-13;1-15(2,3)13-8-4-5-9-14(13)17-12-7-6-10-16-11-12;1-14(2,3)12-7-6-11(15)10-13(12)17-9-8-16(4)5/h4-5,7,9,16H,6,8,10-14H2,1-3H3;7-8,11-13H,4-6,9-10H2,1-3H3;4-5,8-9,12,16H,6-7,10-11H2,1-3H3;6-7,10H,8-9H2,1-5H3/t;;12-;/m..0./s1. The number of hydrogen-bond acceptors (Lipinski definition) is 7. The van der Waals surface area contributed by atoms with Gasteiger partial charge in [0.25, 0.3) is 0 Å². The number of ether oxygens (including phenoxy) is 3. The zero-order chi connectivity index (χ0) is 51.8. The summed E-state index contributed by atoms with van der Waals surface area (Å²) in [4.78, 5) is 7.39. The fourth-order valence-corrected chi connectivity index (χ4v) is 10.2. The van der Waals surface area contributed by atoms with Gasteiger partial charge < -0.3 is 24.4 Å². The van der Waals surface area contributed by atoms with Crippen molar-refractivity contribution in [2.75, 3.05) is 66.5 Å². The van der Waals surface area contributed by atoms with Gasteiger partial charge in [-0.25, -0.2) is 4.39 Å². The Labute approximate surface area is 432 Å². The summed E-state index contributed by atoms with van der Waals surface area (Å²) in [5.74, 6) is 2.54. The quantitative estimate of drug-likeness (QED) is 0.170. The molecule has 4 aromatic carbocycles. The van der Waals surface area contributed by atoms with Gasteiger partial charge in [-0.2, -0.15) is 0 Å². The second-order valence-electron chi connectivity index (χ2n) is 25.0. The summed E-state index contributed by atoms with van der Waals surface area (Å²) in [5.41, 5.74) is 7.19. The first-order valence-electron chi connectivity index (χ1n) is 27.3. The molecule has 4 aromatic rings. The lowest BCUT2D eigenvalue weighted by Gasteiger charge is -2.38. The highest BCUT2D eigenvalue weighted by Gasteiger charge is 2.31. The van der Waals surface area contributed by atoms with Crippen molar-refractivity contribution in [2.24, 2.45) is 0 Å². The van der Waals surface area contributed by atoms with Crippen LogP contribution in [0.1, 0.15) is 169 Å². The minimum atomic E-state index is -0.252. The van der Waals surface area contributed by atoms with Gasteiger partial charge in [-0.1, -0.05) is 156 Å². The van der Waals surface area contributed by atoms with Gasteiger partial charge >= 0.3 is 0 Å². The Morgan fingerprint density at radius 3 is 1.66 bits per heavy atom. The van der Waals surface area contributed by atoms with Crippen LogP contribution in [0.15, 0.2) is 91.0 Å². The van der Waals surface area contributed by atoms with Gasteiger partial charge in [0.1, 0.15) is 35.8 Å². The van der Waals surface area contributed by atoms with Gasteiger partial charge in [-0.3, -0.25) is 9.80 Å². The summed E-state index contributed by atoms with van der Waals surface area (Å²) in [6.45, 7) is 36.4. The molecule has 8 rings (SSSR count). The van der Waals surface area contributed by atoms with Crippen LogP contribution >= 0.6 is 0 Å². The smallest absolute Gasteiger partial charge is 0.126 e. The first-order valence-corrected chi connectivity index (χ1v) is 27.3. The summed E-state index contributed by atoms with van der Waals surface area (Å²) in [7, 11) is 3.97. The Morgan fingerprint density at radius 1 is 0.563 bits per heavy atom. The lowest BCUT2D eigenvalue weighted by Crippen LogP contribution is -2.49. The number of nitrogens with zero attached hydrogens (tertiary/aromatic N) is 3. The summed E-state index contributed by atoms with van der Waals surface area (Å²) in [5, 5.41) is 3.39. The first kappa shape index (κ1) is 57.9. The van der Waals surface area contributed by atoms with Crippen LogP contribution in [0.2, 0.25) is 0 Å². The number of fused-ring (bicyclic) bond motifs is 1. The number of benzene rings is 4. The van der Waals surface area contributed by atoms with Crippen molar-refractivity contribution in [2.45, 2.75) is 187 Å². The van der Waals surface area contributed by atoms with E-state index in [2.05, 4.69) is 171 Å². The van der Waals surface area contributed by atoms with Crippen LogP contribution < -0.4 is 19.5 Å². The zero-order valence-corrected chi connectivity index (χ0v) is 47.1. The van der Waals surface area contributed by atoms with Gasteiger partial charge in [0.05, 0.1) is 6.10 Å². The van der Waals surface area contributed by atoms with Gasteiger partial charge in [0, 0.05) is 51.4 Å². The SMILES string of the molecule is CC(C)(C)c1ccccc1CN1CCN2CCCC2C1.CC(C)(C)c1ccccc1OC1CCCCC1.CC(C)(C)c1ccccc1O[C@H]1CCCNC1.CN(C)CCOc1cc(F)ccc1C(C)(C)C. The molecule has 0 spiro atoms. The molecule has 1 saturated carbocycles. The Kier molecular flexibility index (Phi) is 21.9. The maximum Gasteiger partial charge on any atom is 0.126 e. The Bertz CT molecular complexity index is 2090. The van der Waals surface area contributed by atoms with Crippen molar-refractivity contribution < 1.29 is 18.6 Å². The molecule has 3 heterocycles. The molecule has 1 N–H and O–H groups in total. The molecule has 2 atom stereocenters. The minimum Gasteiger partial charge on any atom is -0.492 e. The van der Waals surface area contributed by atoms with E-state index in [4.69, 9.17) is 14.2 Å². The van der Waals surface area contributed by atoms with Crippen LogP contribution in [-0.2, 0) is 28.2 Å². The number of halogens is 1. The van der Waals surface area contributed by atoms with Crippen molar-refractivity contribution >= 4 is 0 Å². The number of piperidine rings is 1. The second kappa shape index (κ2) is 26.8. The van der Waals surface area contributed by atoms with Crippen LogP contribution in [0.25, 0.3) is 0 Å². The molecule has 0 aromatic heterocycles. The molecule has 3 saturated heterocycles. The summed E-state index contributed by atoms with van der Waals surface area (Å²) in [6.07, 6.45) is 12.4. The maximum absolute atomic E-state index is 13.2. The monoisotopic (exact) mass is 977 g/mol. The second-order valence-corrected chi connectivity index (χ2v) is 25.0. The number of rotatable bonds is 10. The average molecular weight is 977 g/mol. The average Bonchev–Trinajstić information content (AvgIpc) is 3.78. The Morgan fingerprint density at radius 2 is 1.10 bits per heavy atom. The van der Waals surface area contributed by atoms with E-state index < -0.39 is 0 Å². The summed E-state index contributed by atoms with van der Waals surface area (Å²) < 4.78 is 31.3. The summed E-state index contributed by atoms with van der Waals surface area (Å²) >= 11 is 0. The molecule has 0 amide bonds. The Balaban J connectivity index is 0.000000177. The van der Waals surface area contributed by atoms with E-state index >= 15 is 0 Å². The highest BCUT2D eigenvalue weighted by Crippen LogP contribution is 2.35. The van der Waals surface area contributed by atoms with Crippen molar-refractivity contribution in [3.05, 3.63) is 125 Å². The molecule has 0 bridgehead atoms. The molecule has 0 radical (unpaired) electrons. The van der Waals surface area contributed by atoms with Crippen LogP contribution in [0.3, 0.4) is 0 Å². The van der Waals surface area contributed by atoms with Gasteiger partial charge in [-0.15, -0.1) is 0 Å². The van der Waals surface area contributed by atoms with Gasteiger partial charge in [0.15, 0.2) is 0 Å². The van der Waals surface area contributed by atoms with Gasteiger partial charge in [-0.05, 0) is 146 Å². The van der Waals surface area contributed by atoms with E-state index in [-0.39, 0.29) is 27.5 Å². The lowest BCUT2D eigenvalue weighted by molar-refractivity contribution is 0.0990. The largest absolute Gasteiger partial charge is 0.492 e. The van der Waals surface area contributed by atoms with Crippen molar-refractivity contribution in [3.8, 4) is 17.2 Å². The van der Waals surface area contributed by atoms with E-state index in [0.717, 1.165) is 55.7 Å². The minimum absolute atomic E-state index is 0.0405. The molecule has 7 nitrogen and oxygen atoms in total. The van der Waals surface area contributed by atoms with E-state index in [1.54, 1.807) is 6.07 Å². The molecule has 1 aliphatic carbocycles. The molecule has 71 heavy (non-hydrogen) atoms. The molecule has 4 aliphatic rings. The summed E-state index contributed by atoms with van der Waals surface area (Å²) in [6, 6.07) is 31.5. The van der Waals surface area contributed by atoms with E-state index in [9.17, 15) is 4.39 Å². The molecular weight excluding hydrogens is 880 g/mol. The number of likely N-dealkylation sites (N-methyl/N-ethyl adjacent to an activating group) is 1. The molecule has 1 unspecified atom stereocenters. The topological polar surface area (TPSA) is 49.4 Å². The van der Waals surface area contributed by atoms with E-state index in [1.165, 1.54) is 112 Å². The highest BCUT2D eigenvalue weighted by molar-refractivity contribution is 5.40. The number of nitrogens with one attached hydrogen (secondary N) is 1. The number of piperazine rings is 1. The third-order valence-electron chi connectivity index (χ3n) is 14.2. The van der Waals surface area contributed by atoms with Crippen molar-refractivity contribution in [1.82, 2.24) is 20.0 Å². The molecule has 4 fully saturated rings. The number of hydrogen-bond donors (Lipinski definition) is 1. The van der Waals surface area contributed by atoms with Crippen molar-refractivity contribution in [1.29, 1.82) is 0 Å². The predicted molar refractivity (Wildman–Crippen MR) is 298 cm³/mol. The lowest BCUT2D eigenvalue weighted by atomic mass is 9.83. The van der Waals surface area contributed by atoms with E-state index in [1.807, 2.05) is 19.0 Å².